The molecule has 1 saturated carbocycles. The number of likely N-dealkylation sites (tertiary alicyclic amines) is 1. The molecule has 192 valence electrons. The molecule has 2 heterocycles. The van der Waals surface area contributed by atoms with Gasteiger partial charge in [0.05, 0.1) is 29.9 Å². The molecule has 0 spiro atoms. The molecule has 1 aliphatic carbocycles. The molecule has 6 nitrogen and oxygen atoms in total. The van der Waals surface area contributed by atoms with Crippen LogP contribution in [0.3, 0.4) is 0 Å². The fourth-order valence-corrected chi connectivity index (χ4v) is 6.19. The number of nitrogens with zero attached hydrogens (tertiary/aromatic N) is 3. The van der Waals surface area contributed by atoms with Gasteiger partial charge in [-0.05, 0) is 70.6 Å². The van der Waals surface area contributed by atoms with Crippen LogP contribution in [0.15, 0.2) is 35.1 Å². The maximum absolute atomic E-state index is 14.7. The van der Waals surface area contributed by atoms with E-state index in [1.807, 2.05) is 12.1 Å². The summed E-state index contributed by atoms with van der Waals surface area (Å²) >= 11 is 9.29. The van der Waals surface area contributed by atoms with Crippen molar-refractivity contribution in [3.05, 3.63) is 45.9 Å². The zero-order valence-electron chi connectivity index (χ0n) is 20.7. The largest absolute Gasteiger partial charge is 0.493 e. The van der Waals surface area contributed by atoms with Crippen LogP contribution in [0.2, 0.25) is 5.02 Å². The third-order valence-corrected chi connectivity index (χ3v) is 8.49. The second kappa shape index (κ2) is 10.7. The third kappa shape index (κ3) is 5.27. The highest BCUT2D eigenvalue weighted by Gasteiger charge is 2.41. The lowest BCUT2D eigenvalue weighted by atomic mass is 10.0. The lowest BCUT2D eigenvalue weighted by Crippen LogP contribution is -2.27. The molecule has 1 aromatic heterocycles. The Kier molecular flexibility index (Phi) is 7.56. The number of hydrogen-bond donors (Lipinski definition) is 1. The Bertz CT molecular complexity index is 1250. The first kappa shape index (κ1) is 25.5. The molecule has 1 aliphatic heterocycles. The first-order valence-corrected chi connectivity index (χ1v) is 13.6. The van der Waals surface area contributed by atoms with E-state index in [-0.39, 0.29) is 10.7 Å². The first-order valence-electron chi connectivity index (χ1n) is 12.4. The molecular formula is C27H31BrClFN4O2. The van der Waals surface area contributed by atoms with E-state index in [0.29, 0.717) is 45.2 Å². The molecule has 1 N–H and O–H groups in total. The summed E-state index contributed by atoms with van der Waals surface area (Å²) in [5.41, 5.74) is 0.903. The molecule has 0 amide bonds. The minimum Gasteiger partial charge on any atom is -0.493 e. The summed E-state index contributed by atoms with van der Waals surface area (Å²) in [4.78, 5) is 11.4. The summed E-state index contributed by atoms with van der Waals surface area (Å²) in [6.45, 7) is 8.88. The maximum Gasteiger partial charge on any atom is 0.166 e. The average Bonchev–Trinajstić information content (AvgIpc) is 3.40. The molecule has 9 heteroatoms. The van der Waals surface area contributed by atoms with Crippen LogP contribution in [0.4, 0.5) is 15.9 Å². The Morgan fingerprint density at radius 2 is 1.92 bits per heavy atom. The van der Waals surface area contributed by atoms with E-state index >= 15 is 0 Å². The third-order valence-electron chi connectivity index (χ3n) is 7.23. The van der Waals surface area contributed by atoms with Crippen LogP contribution in [-0.2, 0) is 0 Å². The molecule has 3 aromatic rings. The van der Waals surface area contributed by atoms with Gasteiger partial charge in [-0.3, -0.25) is 0 Å². The van der Waals surface area contributed by atoms with Gasteiger partial charge in [0, 0.05) is 35.6 Å². The molecule has 5 rings (SSSR count). The van der Waals surface area contributed by atoms with Crippen molar-refractivity contribution >= 4 is 49.9 Å². The van der Waals surface area contributed by atoms with Gasteiger partial charge in [0.2, 0.25) is 0 Å². The maximum atomic E-state index is 14.7. The second-order valence-electron chi connectivity index (χ2n) is 10.4. The number of benzene rings is 2. The van der Waals surface area contributed by atoms with Gasteiger partial charge < -0.3 is 19.7 Å². The zero-order chi connectivity index (χ0) is 25.4. The van der Waals surface area contributed by atoms with Crippen molar-refractivity contribution in [3.63, 3.8) is 0 Å². The quantitative estimate of drug-likeness (QED) is 0.293. The lowest BCUT2D eigenvalue weighted by Gasteiger charge is -2.21. The molecule has 36 heavy (non-hydrogen) atoms. The number of anilines is 2. The van der Waals surface area contributed by atoms with Crippen molar-refractivity contribution in [2.45, 2.75) is 26.7 Å². The van der Waals surface area contributed by atoms with E-state index in [4.69, 9.17) is 21.1 Å². The number of nitrogens with one attached hydrogen (secondary N) is 1. The molecule has 2 aliphatic rings. The summed E-state index contributed by atoms with van der Waals surface area (Å²) < 4.78 is 27.1. The summed E-state index contributed by atoms with van der Waals surface area (Å²) in [6.07, 6.45) is 3.87. The van der Waals surface area contributed by atoms with Crippen LogP contribution < -0.4 is 14.8 Å². The number of ether oxygens (including phenoxy) is 2. The number of fused-ring (bicyclic) bond motifs is 2. The van der Waals surface area contributed by atoms with Gasteiger partial charge in [-0.25, -0.2) is 14.4 Å². The molecule has 1 saturated heterocycles. The van der Waals surface area contributed by atoms with Crippen molar-refractivity contribution in [1.82, 2.24) is 14.9 Å². The SMILES string of the molecule is COc1cc2c(Nc3ccc(Br)c(Cl)c3F)ncnc2cc1OC[C@H]1C[C@@H]2CN(CC(C)C)C[C@@H]2C1. The molecular weight excluding hydrogens is 547 g/mol. The van der Waals surface area contributed by atoms with Gasteiger partial charge in [-0.2, -0.15) is 0 Å². The molecule has 2 aromatic carbocycles. The fourth-order valence-electron chi connectivity index (χ4n) is 5.72. The highest BCUT2D eigenvalue weighted by Crippen LogP contribution is 2.43. The van der Waals surface area contributed by atoms with Crippen molar-refractivity contribution in [2.75, 3.05) is 38.7 Å². The highest BCUT2D eigenvalue weighted by atomic mass is 79.9. The van der Waals surface area contributed by atoms with Crippen molar-refractivity contribution < 1.29 is 13.9 Å². The normalized spacial score (nSPS) is 21.8. The number of aromatic nitrogens is 2. The van der Waals surface area contributed by atoms with Gasteiger partial charge >= 0.3 is 0 Å². The van der Waals surface area contributed by atoms with Gasteiger partial charge in [-0.1, -0.05) is 25.4 Å². The van der Waals surface area contributed by atoms with E-state index in [1.165, 1.54) is 38.8 Å². The van der Waals surface area contributed by atoms with Crippen LogP contribution in [0, 0.1) is 29.5 Å². The van der Waals surface area contributed by atoms with E-state index in [1.54, 1.807) is 19.2 Å². The number of methoxy groups -OCH3 is 1. The highest BCUT2D eigenvalue weighted by molar-refractivity contribution is 9.10. The van der Waals surface area contributed by atoms with Crippen LogP contribution in [0.5, 0.6) is 11.5 Å². The smallest absolute Gasteiger partial charge is 0.166 e. The predicted molar refractivity (Wildman–Crippen MR) is 145 cm³/mol. The van der Waals surface area contributed by atoms with Crippen LogP contribution in [0.25, 0.3) is 10.9 Å². The minimum atomic E-state index is -0.557. The topological polar surface area (TPSA) is 59.5 Å². The Labute approximate surface area is 224 Å². The van der Waals surface area contributed by atoms with E-state index < -0.39 is 5.82 Å². The van der Waals surface area contributed by atoms with E-state index in [2.05, 4.69) is 50.0 Å². The molecule has 3 atom stereocenters. The van der Waals surface area contributed by atoms with Gasteiger partial charge in [0.25, 0.3) is 0 Å². The Balaban J connectivity index is 1.29. The first-order chi connectivity index (χ1) is 17.3. The number of halogens is 3. The second-order valence-corrected chi connectivity index (χ2v) is 11.6. The summed E-state index contributed by atoms with van der Waals surface area (Å²) in [6, 6.07) is 6.99. The predicted octanol–water partition coefficient (Wildman–Crippen LogP) is 6.93. The molecule has 0 bridgehead atoms. The summed E-state index contributed by atoms with van der Waals surface area (Å²) in [5, 5.41) is 3.74. The Morgan fingerprint density at radius 3 is 2.61 bits per heavy atom. The van der Waals surface area contributed by atoms with E-state index in [0.717, 1.165) is 17.8 Å². The standard InChI is InChI=1S/C27H31BrClFN4O2/c1-15(2)10-34-11-17-6-16(7-18(17)12-34)13-36-24-9-22-19(8-23(24)35-3)27(32-14-31-22)33-21-5-4-20(28)25(29)26(21)30/h4-5,8-9,14-18H,6-7,10-13H2,1-3H3,(H,31,32,33)/t16-,17+,18-. The van der Waals surface area contributed by atoms with Crippen LogP contribution in [-0.4, -0.2) is 48.2 Å². The average molecular weight is 578 g/mol. The van der Waals surface area contributed by atoms with Crippen molar-refractivity contribution in [2.24, 2.45) is 23.7 Å². The van der Waals surface area contributed by atoms with Crippen molar-refractivity contribution in [1.29, 1.82) is 0 Å². The number of rotatable bonds is 8. The molecule has 0 radical (unpaired) electrons. The van der Waals surface area contributed by atoms with Crippen molar-refractivity contribution in [3.8, 4) is 11.5 Å². The van der Waals surface area contributed by atoms with Gasteiger partial charge in [0.1, 0.15) is 12.1 Å². The zero-order valence-corrected chi connectivity index (χ0v) is 23.1. The number of hydrogen-bond acceptors (Lipinski definition) is 6. The Morgan fingerprint density at radius 1 is 1.17 bits per heavy atom. The molecule has 2 fully saturated rings. The monoisotopic (exact) mass is 576 g/mol. The summed E-state index contributed by atoms with van der Waals surface area (Å²) in [7, 11) is 1.61. The van der Waals surface area contributed by atoms with Crippen LogP contribution in [0.1, 0.15) is 26.7 Å². The Hall–Kier alpha value is -2.16. The minimum absolute atomic E-state index is 0.00955. The fraction of sp³-hybridized carbons (Fsp3) is 0.481. The van der Waals surface area contributed by atoms with Gasteiger partial charge in [0.15, 0.2) is 17.3 Å². The van der Waals surface area contributed by atoms with E-state index in [9.17, 15) is 4.39 Å². The summed E-state index contributed by atoms with van der Waals surface area (Å²) in [5.74, 6) is 3.98. The van der Waals surface area contributed by atoms with Gasteiger partial charge in [-0.15, -0.1) is 0 Å². The molecule has 0 unspecified atom stereocenters. The van der Waals surface area contributed by atoms with Crippen LogP contribution >= 0.6 is 27.5 Å². The lowest BCUT2D eigenvalue weighted by molar-refractivity contribution is 0.216.